The number of aromatic nitrogens is 4. The number of ether oxygens (including phenoxy) is 2. The van der Waals surface area contributed by atoms with Gasteiger partial charge in [-0.25, -0.2) is 13.8 Å². The third-order valence-corrected chi connectivity index (χ3v) is 7.57. The van der Waals surface area contributed by atoms with Crippen molar-refractivity contribution < 1.29 is 18.3 Å². The number of rotatable bonds is 6. The molecule has 1 aromatic carbocycles. The van der Waals surface area contributed by atoms with E-state index in [9.17, 15) is 8.78 Å². The lowest BCUT2D eigenvalue weighted by Crippen LogP contribution is -2.47. The Labute approximate surface area is 226 Å². The zero-order valence-corrected chi connectivity index (χ0v) is 22.1. The average Bonchev–Trinajstić information content (AvgIpc) is 3.34. The highest BCUT2D eigenvalue weighted by molar-refractivity contribution is 5.85. The molecule has 3 aromatic rings. The van der Waals surface area contributed by atoms with Crippen LogP contribution in [0.4, 0.5) is 20.5 Å². The largest absolute Gasteiger partial charge is 0.379 e. The van der Waals surface area contributed by atoms with Crippen molar-refractivity contribution in [1.29, 1.82) is 0 Å². The Morgan fingerprint density at radius 1 is 0.921 bits per heavy atom. The van der Waals surface area contributed by atoms with Crippen LogP contribution in [-0.2, 0) is 9.47 Å². The van der Waals surface area contributed by atoms with Crippen molar-refractivity contribution in [2.24, 2.45) is 0 Å². The second kappa shape index (κ2) is 12.1. The van der Waals surface area contributed by atoms with Gasteiger partial charge >= 0.3 is 0 Å². The molecule has 6 rings (SSSR count). The second-order valence-corrected chi connectivity index (χ2v) is 9.92. The van der Waals surface area contributed by atoms with Gasteiger partial charge in [0.1, 0.15) is 11.6 Å². The molecule has 0 bridgehead atoms. The van der Waals surface area contributed by atoms with E-state index in [4.69, 9.17) is 19.4 Å². The van der Waals surface area contributed by atoms with E-state index in [1.54, 1.807) is 24.3 Å². The van der Waals surface area contributed by atoms with Gasteiger partial charge in [-0.2, -0.15) is 9.97 Å². The summed E-state index contributed by atoms with van der Waals surface area (Å²) >= 11 is 0. The van der Waals surface area contributed by atoms with Gasteiger partial charge in [-0.15, -0.1) is 12.4 Å². The van der Waals surface area contributed by atoms with Crippen LogP contribution in [0, 0.1) is 0 Å². The van der Waals surface area contributed by atoms with E-state index in [1.807, 2.05) is 6.07 Å². The minimum atomic E-state index is -2.74. The topological polar surface area (TPSA) is 80.6 Å². The van der Waals surface area contributed by atoms with Crippen molar-refractivity contribution in [2.75, 3.05) is 62.8 Å². The fraction of sp³-hybridized carbons (Fsp3) is 0.577. The van der Waals surface area contributed by atoms with E-state index in [0.717, 1.165) is 45.6 Å². The molecule has 3 fully saturated rings. The smallest absolute Gasteiger partial charge is 0.296 e. The molecule has 0 amide bonds. The monoisotopic (exact) mass is 549 g/mol. The number of nitrogens with one attached hydrogen (secondary N) is 1. The minimum absolute atomic E-state index is 0. The highest BCUT2D eigenvalue weighted by atomic mass is 35.5. The van der Waals surface area contributed by atoms with Crippen LogP contribution in [0.2, 0.25) is 0 Å². The first-order valence-corrected chi connectivity index (χ1v) is 13.2. The van der Waals surface area contributed by atoms with Crippen molar-refractivity contribution in [1.82, 2.24) is 24.4 Å². The van der Waals surface area contributed by atoms with Crippen LogP contribution in [0.1, 0.15) is 37.9 Å². The van der Waals surface area contributed by atoms with Crippen molar-refractivity contribution in [2.45, 2.75) is 44.2 Å². The number of alkyl halides is 2. The van der Waals surface area contributed by atoms with Crippen molar-refractivity contribution in [3.63, 3.8) is 0 Å². The predicted octanol–water partition coefficient (Wildman–Crippen LogP) is 4.07. The van der Waals surface area contributed by atoms with Gasteiger partial charge in [0.15, 0.2) is 5.82 Å². The van der Waals surface area contributed by atoms with Gasteiger partial charge < -0.3 is 19.7 Å². The molecule has 3 aliphatic rings. The van der Waals surface area contributed by atoms with Crippen LogP contribution >= 0.6 is 12.4 Å². The van der Waals surface area contributed by atoms with Crippen LogP contribution < -0.4 is 10.2 Å². The lowest BCUT2D eigenvalue weighted by molar-refractivity contribution is 0.00751. The molecule has 9 nitrogen and oxygen atoms in total. The fourth-order valence-electron chi connectivity index (χ4n) is 5.73. The van der Waals surface area contributed by atoms with E-state index in [2.05, 4.69) is 20.1 Å². The molecule has 1 saturated carbocycles. The molecule has 12 heteroatoms. The number of anilines is 2. The maximum atomic E-state index is 14.1. The van der Waals surface area contributed by atoms with E-state index in [-0.39, 0.29) is 24.3 Å². The number of hydrogen-bond donors (Lipinski definition) is 1. The van der Waals surface area contributed by atoms with Gasteiger partial charge in [0.05, 0.1) is 37.5 Å². The number of benzene rings is 1. The van der Waals surface area contributed by atoms with E-state index in [1.165, 1.54) is 11.0 Å². The first-order chi connectivity index (χ1) is 18.2. The third kappa shape index (κ3) is 5.70. The lowest BCUT2D eigenvalue weighted by atomic mass is 9.89. The molecule has 1 aliphatic carbocycles. The maximum absolute atomic E-state index is 14.1. The Balaban J connectivity index is 0.00000294. The molecular weight excluding hydrogens is 516 g/mol. The summed E-state index contributed by atoms with van der Waals surface area (Å²) in [5, 5.41) is 3.64. The third-order valence-electron chi connectivity index (χ3n) is 7.57. The Kier molecular flexibility index (Phi) is 8.57. The molecule has 0 radical (unpaired) electrons. The highest BCUT2D eigenvalue weighted by Crippen LogP contribution is 2.31. The first-order valence-electron chi connectivity index (χ1n) is 13.2. The van der Waals surface area contributed by atoms with Gasteiger partial charge in [-0.05, 0) is 37.8 Å². The van der Waals surface area contributed by atoms with Crippen LogP contribution in [0.3, 0.4) is 0 Å². The lowest BCUT2D eigenvalue weighted by Gasteiger charge is -2.39. The fourth-order valence-corrected chi connectivity index (χ4v) is 5.73. The molecule has 2 atom stereocenters. The number of halogens is 3. The zero-order chi connectivity index (χ0) is 25.2. The van der Waals surface area contributed by atoms with Crippen LogP contribution in [0.5, 0.6) is 0 Å². The second-order valence-electron chi connectivity index (χ2n) is 9.92. The molecule has 38 heavy (non-hydrogen) atoms. The van der Waals surface area contributed by atoms with Gasteiger partial charge in [-0.3, -0.25) is 9.47 Å². The predicted molar refractivity (Wildman–Crippen MR) is 144 cm³/mol. The number of para-hydroxylation sites is 2. The molecule has 2 aliphatic heterocycles. The van der Waals surface area contributed by atoms with Gasteiger partial charge in [-0.1, -0.05) is 12.1 Å². The van der Waals surface area contributed by atoms with E-state index in [0.29, 0.717) is 61.0 Å². The van der Waals surface area contributed by atoms with Crippen molar-refractivity contribution in [3.05, 3.63) is 36.2 Å². The van der Waals surface area contributed by atoms with Gasteiger partial charge in [0.2, 0.25) is 5.95 Å². The molecule has 1 N–H and O–H groups in total. The first kappa shape index (κ1) is 27.0. The minimum Gasteiger partial charge on any atom is -0.379 e. The number of nitrogens with zero attached hydrogens (tertiary/aromatic N) is 6. The summed E-state index contributed by atoms with van der Waals surface area (Å²) in [7, 11) is 0. The molecule has 4 heterocycles. The molecule has 0 unspecified atom stereocenters. The molecule has 0 spiro atoms. The number of fused-ring (bicyclic) bond motifs is 1. The van der Waals surface area contributed by atoms with Gasteiger partial charge in [0.25, 0.3) is 6.43 Å². The average molecular weight is 550 g/mol. The van der Waals surface area contributed by atoms with Crippen LogP contribution in [-0.4, -0.2) is 89.1 Å². The summed E-state index contributed by atoms with van der Waals surface area (Å²) in [4.78, 5) is 18.4. The van der Waals surface area contributed by atoms with Crippen molar-refractivity contribution in [3.8, 4) is 5.82 Å². The molecule has 2 aromatic heterocycles. The SMILES string of the molecule is Cl.FC(F)c1nc2ccccc2n1-c1cc(N[C@H]2CCC[C@H](N3CCOCC3)C2)nc(N2CCOCC2)n1. The molecule has 206 valence electrons. The summed E-state index contributed by atoms with van der Waals surface area (Å²) in [5.41, 5.74) is 1.11. The normalized spacial score (nSPS) is 23.0. The van der Waals surface area contributed by atoms with Crippen molar-refractivity contribution >= 4 is 35.2 Å². The number of hydrogen-bond acceptors (Lipinski definition) is 8. The Morgan fingerprint density at radius 3 is 2.42 bits per heavy atom. The quantitative estimate of drug-likeness (QED) is 0.493. The Morgan fingerprint density at radius 2 is 1.66 bits per heavy atom. The summed E-state index contributed by atoms with van der Waals surface area (Å²) in [6, 6.07) is 9.71. The Bertz CT molecular complexity index is 1220. The summed E-state index contributed by atoms with van der Waals surface area (Å²) in [6.07, 6.45) is 1.64. The number of morpholine rings is 2. The molecule has 2 saturated heterocycles. The van der Waals surface area contributed by atoms with Crippen LogP contribution in [0.25, 0.3) is 16.9 Å². The summed E-state index contributed by atoms with van der Waals surface area (Å²) < 4.78 is 40.8. The standard InChI is InChI=1S/C26H33F2N7O2.ClH/c27-24(28)25-30-20-6-1-2-7-21(20)35(25)23-17-22(31-26(32-23)34-10-14-37-15-11-34)29-18-4-3-5-19(16-18)33-8-12-36-13-9-33;/h1-2,6-7,17-19,24H,3-5,8-16H2,(H,29,31,32);1H/t18-,19-;/m0./s1. The van der Waals surface area contributed by atoms with Gasteiger partial charge in [0, 0.05) is 44.3 Å². The van der Waals surface area contributed by atoms with E-state index < -0.39 is 6.43 Å². The van der Waals surface area contributed by atoms with E-state index >= 15 is 0 Å². The summed E-state index contributed by atoms with van der Waals surface area (Å²) in [6.45, 7) is 5.99. The zero-order valence-electron chi connectivity index (χ0n) is 21.3. The summed E-state index contributed by atoms with van der Waals surface area (Å²) in [5.74, 6) is 1.24. The Hall–Kier alpha value is -2.60. The highest BCUT2D eigenvalue weighted by Gasteiger charge is 2.29. The maximum Gasteiger partial charge on any atom is 0.296 e. The molecular formula is C26H34ClF2N7O2. The number of imidazole rings is 1. The van der Waals surface area contributed by atoms with Crippen LogP contribution in [0.15, 0.2) is 30.3 Å².